The molecule has 0 fully saturated rings. The molecule has 4 aromatic heterocycles. The number of para-hydroxylation sites is 2. The molecule has 8 aromatic rings. The van der Waals surface area contributed by atoms with Crippen molar-refractivity contribution < 1.29 is 0 Å². The van der Waals surface area contributed by atoms with Gasteiger partial charge in [0.25, 0.3) is 0 Å². The first kappa shape index (κ1) is 22.4. The van der Waals surface area contributed by atoms with Crippen LogP contribution in [0.2, 0.25) is 0 Å². The second-order valence-electron chi connectivity index (χ2n) is 9.73. The number of benzene rings is 4. The van der Waals surface area contributed by atoms with Crippen LogP contribution >= 0.6 is 0 Å². The minimum atomic E-state index is 0.821. The molecule has 4 heterocycles. The van der Waals surface area contributed by atoms with Crippen LogP contribution in [-0.4, -0.2) is 24.1 Å². The van der Waals surface area contributed by atoms with Crippen LogP contribution in [0.3, 0.4) is 0 Å². The number of imidazole rings is 1. The Morgan fingerprint density at radius 1 is 0.475 bits per heavy atom. The van der Waals surface area contributed by atoms with Gasteiger partial charge in [0.05, 0.1) is 27.8 Å². The number of hydrogen-bond donors (Lipinski definition) is 0. The molecule has 8 rings (SSSR count). The summed E-state index contributed by atoms with van der Waals surface area (Å²) in [5, 5.41) is 2.30. The maximum atomic E-state index is 5.41. The predicted octanol–water partition coefficient (Wildman–Crippen LogP) is 8.25. The molecule has 0 aliphatic rings. The van der Waals surface area contributed by atoms with Crippen LogP contribution in [-0.2, 0) is 0 Å². The van der Waals surface area contributed by atoms with Crippen molar-refractivity contribution in [3.63, 3.8) is 0 Å². The molecule has 0 atom stereocenters. The molecule has 0 aliphatic carbocycles. The van der Waals surface area contributed by atoms with Gasteiger partial charge in [0, 0.05) is 40.0 Å². The van der Waals surface area contributed by atoms with Crippen molar-refractivity contribution in [3.05, 3.63) is 140 Å². The summed E-state index contributed by atoms with van der Waals surface area (Å²) in [6.45, 7) is 0. The van der Waals surface area contributed by atoms with Crippen molar-refractivity contribution in [3.8, 4) is 34.2 Å². The zero-order valence-corrected chi connectivity index (χ0v) is 21.5. The molecule has 0 aliphatic heterocycles. The van der Waals surface area contributed by atoms with E-state index >= 15 is 0 Å². The fraction of sp³-hybridized carbons (Fsp3) is 0. The molecule has 4 aromatic carbocycles. The van der Waals surface area contributed by atoms with Crippen LogP contribution in [0.4, 0.5) is 0 Å². The highest BCUT2D eigenvalue weighted by atomic mass is 15.1. The van der Waals surface area contributed by atoms with Gasteiger partial charge in [-0.3, -0.25) is 9.55 Å². The maximum absolute atomic E-state index is 5.41. The van der Waals surface area contributed by atoms with Crippen molar-refractivity contribution in [1.29, 1.82) is 0 Å². The van der Waals surface area contributed by atoms with Gasteiger partial charge in [-0.05, 0) is 54.6 Å². The first-order valence-electron chi connectivity index (χ1n) is 13.3. The van der Waals surface area contributed by atoms with Crippen molar-refractivity contribution in [1.82, 2.24) is 24.1 Å². The Morgan fingerprint density at radius 3 is 1.98 bits per heavy atom. The summed E-state index contributed by atoms with van der Waals surface area (Å²) in [6.07, 6.45) is 3.66. The van der Waals surface area contributed by atoms with Gasteiger partial charge in [0.15, 0.2) is 0 Å². The first-order valence-corrected chi connectivity index (χ1v) is 13.3. The quantitative estimate of drug-likeness (QED) is 0.238. The SMILES string of the molecule is c1ccc(-n2c3ccccc3c3c4nc(-c5ccccc5-c5ccccn5)n(-c5ccccn5)c4ccc32)cc1. The molecule has 188 valence electrons. The standard InChI is InChI=1S/C35H23N5/c1-2-12-24(13-3-1)39-29-18-7-6-16-27(29)33-30(39)20-21-31-34(33)38-35(40(31)32-19-9-11-23-37-32)26-15-5-4-14-25(26)28-17-8-10-22-36-28/h1-23H. The highest BCUT2D eigenvalue weighted by Crippen LogP contribution is 2.40. The van der Waals surface area contributed by atoms with E-state index in [0.717, 1.165) is 61.6 Å². The second-order valence-corrected chi connectivity index (χ2v) is 9.73. The van der Waals surface area contributed by atoms with E-state index in [1.54, 1.807) is 0 Å². The lowest BCUT2D eigenvalue weighted by Crippen LogP contribution is -2.01. The zero-order valence-electron chi connectivity index (χ0n) is 21.5. The Balaban J connectivity index is 1.52. The summed E-state index contributed by atoms with van der Waals surface area (Å²) in [6, 6.07) is 43.8. The van der Waals surface area contributed by atoms with E-state index in [0.29, 0.717) is 0 Å². The fourth-order valence-electron chi connectivity index (χ4n) is 5.77. The third-order valence-electron chi connectivity index (χ3n) is 7.46. The summed E-state index contributed by atoms with van der Waals surface area (Å²) < 4.78 is 4.50. The summed E-state index contributed by atoms with van der Waals surface area (Å²) in [4.78, 5) is 14.8. The number of aromatic nitrogens is 5. The molecule has 0 unspecified atom stereocenters. The van der Waals surface area contributed by atoms with Gasteiger partial charge in [0.1, 0.15) is 11.6 Å². The lowest BCUT2D eigenvalue weighted by Gasteiger charge is -2.12. The summed E-state index contributed by atoms with van der Waals surface area (Å²) in [7, 11) is 0. The van der Waals surface area contributed by atoms with Gasteiger partial charge in [-0.2, -0.15) is 0 Å². The van der Waals surface area contributed by atoms with E-state index in [9.17, 15) is 0 Å². The van der Waals surface area contributed by atoms with Crippen LogP contribution in [0.1, 0.15) is 0 Å². The van der Waals surface area contributed by atoms with Crippen LogP contribution < -0.4 is 0 Å². The number of hydrogen-bond acceptors (Lipinski definition) is 3. The lowest BCUT2D eigenvalue weighted by atomic mass is 10.0. The molecule has 0 spiro atoms. The third kappa shape index (κ3) is 3.38. The van der Waals surface area contributed by atoms with Crippen LogP contribution in [0, 0.1) is 0 Å². The van der Waals surface area contributed by atoms with Crippen molar-refractivity contribution in [2.24, 2.45) is 0 Å². The van der Waals surface area contributed by atoms with Gasteiger partial charge in [-0.25, -0.2) is 9.97 Å². The molecular formula is C35H23N5. The summed E-state index contributed by atoms with van der Waals surface area (Å²) in [5.74, 6) is 1.65. The fourth-order valence-corrected chi connectivity index (χ4v) is 5.77. The Kier molecular flexibility index (Phi) is 5.07. The first-order chi connectivity index (χ1) is 19.9. The monoisotopic (exact) mass is 513 g/mol. The lowest BCUT2D eigenvalue weighted by molar-refractivity contribution is 1.03. The van der Waals surface area contributed by atoms with Crippen molar-refractivity contribution >= 4 is 32.8 Å². The number of rotatable bonds is 4. The third-order valence-corrected chi connectivity index (χ3v) is 7.46. The molecule has 0 N–H and O–H groups in total. The molecular weight excluding hydrogens is 490 g/mol. The summed E-state index contributed by atoms with van der Waals surface area (Å²) >= 11 is 0. The molecule has 0 radical (unpaired) electrons. The van der Waals surface area contributed by atoms with Gasteiger partial charge in [0.2, 0.25) is 0 Å². The molecule has 40 heavy (non-hydrogen) atoms. The average Bonchev–Trinajstić information content (AvgIpc) is 3.58. The van der Waals surface area contributed by atoms with Gasteiger partial charge in [-0.15, -0.1) is 0 Å². The number of nitrogens with zero attached hydrogens (tertiary/aromatic N) is 5. The number of pyridine rings is 2. The van der Waals surface area contributed by atoms with Gasteiger partial charge >= 0.3 is 0 Å². The highest BCUT2D eigenvalue weighted by Gasteiger charge is 2.23. The molecule has 0 saturated heterocycles. The Morgan fingerprint density at radius 2 is 1.18 bits per heavy atom. The van der Waals surface area contributed by atoms with Gasteiger partial charge in [-0.1, -0.05) is 72.8 Å². The van der Waals surface area contributed by atoms with E-state index in [1.165, 1.54) is 5.39 Å². The topological polar surface area (TPSA) is 48.5 Å². The molecule has 0 amide bonds. The Bertz CT molecular complexity index is 2140. The van der Waals surface area contributed by atoms with E-state index in [-0.39, 0.29) is 0 Å². The predicted molar refractivity (Wildman–Crippen MR) is 162 cm³/mol. The van der Waals surface area contributed by atoms with Gasteiger partial charge < -0.3 is 4.57 Å². The molecule has 0 saturated carbocycles. The average molecular weight is 514 g/mol. The van der Waals surface area contributed by atoms with E-state index < -0.39 is 0 Å². The van der Waals surface area contributed by atoms with Crippen LogP contribution in [0.25, 0.3) is 67.0 Å². The highest BCUT2D eigenvalue weighted by molar-refractivity contribution is 6.20. The van der Waals surface area contributed by atoms with E-state index in [2.05, 4.69) is 99.0 Å². The van der Waals surface area contributed by atoms with Crippen LogP contribution in [0.5, 0.6) is 0 Å². The minimum Gasteiger partial charge on any atom is -0.309 e. The van der Waals surface area contributed by atoms with E-state index in [4.69, 9.17) is 9.97 Å². The second kappa shape index (κ2) is 9.03. The number of fused-ring (bicyclic) bond motifs is 5. The zero-order chi connectivity index (χ0) is 26.5. The van der Waals surface area contributed by atoms with Crippen LogP contribution in [0.15, 0.2) is 140 Å². The Hall–Kier alpha value is -5.55. The molecule has 0 bridgehead atoms. The molecule has 5 heteroatoms. The molecule has 5 nitrogen and oxygen atoms in total. The largest absolute Gasteiger partial charge is 0.309 e. The van der Waals surface area contributed by atoms with Crippen molar-refractivity contribution in [2.45, 2.75) is 0 Å². The smallest absolute Gasteiger partial charge is 0.147 e. The van der Waals surface area contributed by atoms with Crippen molar-refractivity contribution in [2.75, 3.05) is 0 Å². The van der Waals surface area contributed by atoms with E-state index in [1.807, 2.05) is 54.9 Å². The Labute approximate surface area is 230 Å². The maximum Gasteiger partial charge on any atom is 0.147 e. The minimum absolute atomic E-state index is 0.821. The summed E-state index contributed by atoms with van der Waals surface area (Å²) in [5.41, 5.74) is 8.28. The normalized spacial score (nSPS) is 11.5.